The normalized spacial score (nSPS) is 16.8. The molecule has 7 nitrogen and oxygen atoms in total. The van der Waals surface area contributed by atoms with E-state index in [1.807, 2.05) is 13.8 Å². The first-order valence-corrected chi connectivity index (χ1v) is 8.36. The summed E-state index contributed by atoms with van der Waals surface area (Å²) in [5.41, 5.74) is 1.44. The molecule has 1 atom stereocenters. The molecular weight excluding hydrogens is 324 g/mol. The molecule has 1 aliphatic heterocycles. The molecule has 1 aromatic carbocycles. The Morgan fingerprint density at radius 3 is 2.48 bits per heavy atom. The molecule has 1 heterocycles. The van der Waals surface area contributed by atoms with Crippen molar-refractivity contribution in [3.05, 3.63) is 35.0 Å². The molecule has 0 bridgehead atoms. The van der Waals surface area contributed by atoms with Gasteiger partial charge in [0.25, 0.3) is 0 Å². The summed E-state index contributed by atoms with van der Waals surface area (Å²) in [5.74, 6) is 0.726. The SMILES string of the molecule is CCOC(=O)C1=C(C)NC(=O)NC1c1cc(OCC)ccc1OCC. The van der Waals surface area contributed by atoms with Crippen LogP contribution in [0.5, 0.6) is 11.5 Å². The number of rotatable bonds is 7. The van der Waals surface area contributed by atoms with Gasteiger partial charge in [0, 0.05) is 11.3 Å². The van der Waals surface area contributed by atoms with E-state index < -0.39 is 12.0 Å². The lowest BCUT2D eigenvalue weighted by Crippen LogP contribution is -2.45. The third-order valence-corrected chi connectivity index (χ3v) is 3.67. The number of carbonyl (C=O) groups excluding carboxylic acids is 2. The number of nitrogens with one attached hydrogen (secondary N) is 2. The van der Waals surface area contributed by atoms with E-state index in [1.54, 1.807) is 32.0 Å². The highest BCUT2D eigenvalue weighted by molar-refractivity contribution is 5.95. The molecule has 0 aliphatic carbocycles. The van der Waals surface area contributed by atoms with Gasteiger partial charge in [0.05, 0.1) is 31.4 Å². The van der Waals surface area contributed by atoms with Gasteiger partial charge in [-0.1, -0.05) is 0 Å². The third kappa shape index (κ3) is 4.23. The van der Waals surface area contributed by atoms with Gasteiger partial charge in [-0.2, -0.15) is 0 Å². The fourth-order valence-corrected chi connectivity index (χ4v) is 2.70. The van der Waals surface area contributed by atoms with E-state index in [4.69, 9.17) is 14.2 Å². The number of amides is 2. The lowest BCUT2D eigenvalue weighted by Gasteiger charge is -2.29. The quantitative estimate of drug-likeness (QED) is 0.740. The van der Waals surface area contributed by atoms with Gasteiger partial charge >= 0.3 is 12.0 Å². The summed E-state index contributed by atoms with van der Waals surface area (Å²) in [4.78, 5) is 24.4. The van der Waals surface area contributed by atoms with Crippen LogP contribution in [-0.2, 0) is 9.53 Å². The van der Waals surface area contributed by atoms with Crippen LogP contribution in [0.4, 0.5) is 4.79 Å². The molecule has 0 spiro atoms. The van der Waals surface area contributed by atoms with E-state index >= 15 is 0 Å². The Morgan fingerprint density at radius 1 is 1.12 bits per heavy atom. The molecule has 2 amide bonds. The molecule has 0 aromatic heterocycles. The Bertz CT molecular complexity index is 684. The van der Waals surface area contributed by atoms with Crippen molar-refractivity contribution in [3.8, 4) is 11.5 Å². The summed E-state index contributed by atoms with van der Waals surface area (Å²) in [7, 11) is 0. The molecule has 0 saturated carbocycles. The van der Waals surface area contributed by atoms with E-state index in [1.165, 1.54) is 0 Å². The van der Waals surface area contributed by atoms with Crippen LogP contribution in [0.1, 0.15) is 39.3 Å². The number of ether oxygens (including phenoxy) is 3. The number of benzene rings is 1. The fraction of sp³-hybridized carbons (Fsp3) is 0.444. The van der Waals surface area contributed by atoms with Gasteiger partial charge in [-0.25, -0.2) is 9.59 Å². The lowest BCUT2D eigenvalue weighted by molar-refractivity contribution is -0.139. The van der Waals surface area contributed by atoms with Crippen LogP contribution in [0.15, 0.2) is 29.5 Å². The van der Waals surface area contributed by atoms with E-state index in [0.717, 1.165) is 0 Å². The summed E-state index contributed by atoms with van der Waals surface area (Å²) in [5, 5.41) is 5.39. The minimum atomic E-state index is -0.685. The van der Waals surface area contributed by atoms with Gasteiger partial charge in [-0.05, 0) is 45.9 Å². The predicted molar refractivity (Wildman–Crippen MR) is 92.5 cm³/mol. The highest BCUT2D eigenvalue weighted by atomic mass is 16.5. The van der Waals surface area contributed by atoms with Crippen molar-refractivity contribution < 1.29 is 23.8 Å². The Labute approximate surface area is 147 Å². The van der Waals surface area contributed by atoms with Crippen molar-refractivity contribution in [3.63, 3.8) is 0 Å². The van der Waals surface area contributed by atoms with Crippen LogP contribution in [0.3, 0.4) is 0 Å². The maximum atomic E-state index is 12.4. The number of carbonyl (C=O) groups is 2. The van der Waals surface area contributed by atoms with Crippen LogP contribution < -0.4 is 20.1 Å². The smallest absolute Gasteiger partial charge is 0.338 e. The molecule has 1 aliphatic rings. The number of hydrogen-bond donors (Lipinski definition) is 2. The number of urea groups is 1. The van der Waals surface area contributed by atoms with Gasteiger partial charge in [-0.15, -0.1) is 0 Å². The van der Waals surface area contributed by atoms with Crippen molar-refractivity contribution in [1.82, 2.24) is 10.6 Å². The molecule has 0 fully saturated rings. The summed E-state index contributed by atoms with van der Waals surface area (Å²) in [6.07, 6.45) is 0. The summed E-state index contributed by atoms with van der Waals surface area (Å²) in [6, 6.07) is 4.27. The average molecular weight is 348 g/mol. The monoisotopic (exact) mass is 348 g/mol. The minimum Gasteiger partial charge on any atom is -0.494 e. The Morgan fingerprint density at radius 2 is 1.84 bits per heavy atom. The largest absolute Gasteiger partial charge is 0.494 e. The molecule has 25 heavy (non-hydrogen) atoms. The number of allylic oxidation sites excluding steroid dienone is 1. The molecule has 0 saturated heterocycles. The number of esters is 1. The van der Waals surface area contributed by atoms with Crippen LogP contribution >= 0.6 is 0 Å². The second kappa shape index (κ2) is 8.41. The molecule has 1 aromatic rings. The van der Waals surface area contributed by atoms with Crippen molar-refractivity contribution >= 4 is 12.0 Å². The van der Waals surface area contributed by atoms with Crippen LogP contribution in [0.25, 0.3) is 0 Å². The molecule has 2 rings (SSSR count). The van der Waals surface area contributed by atoms with Crippen molar-refractivity contribution in [1.29, 1.82) is 0 Å². The second-order valence-corrected chi connectivity index (χ2v) is 5.36. The van der Waals surface area contributed by atoms with Crippen LogP contribution in [0, 0.1) is 0 Å². The zero-order valence-corrected chi connectivity index (χ0v) is 15.0. The summed E-state index contributed by atoms with van der Waals surface area (Å²) >= 11 is 0. The topological polar surface area (TPSA) is 85.9 Å². The standard InChI is InChI=1S/C18H24N2O5/c1-5-23-12-8-9-14(24-6-2)13(10-12)16-15(17(21)25-7-3)11(4)19-18(22)20-16/h8-10,16H,5-7H2,1-4H3,(H2,19,20,22). The molecule has 2 N–H and O–H groups in total. The maximum Gasteiger partial charge on any atom is 0.338 e. The molecule has 136 valence electrons. The van der Waals surface area contributed by atoms with Crippen LogP contribution in [0.2, 0.25) is 0 Å². The summed E-state index contributed by atoms with van der Waals surface area (Å²) in [6.45, 7) is 8.37. The predicted octanol–water partition coefficient (Wildman–Crippen LogP) is 2.68. The van der Waals surface area contributed by atoms with E-state index in [0.29, 0.717) is 41.5 Å². The van der Waals surface area contributed by atoms with Gasteiger partial charge in [-0.3, -0.25) is 0 Å². The minimum absolute atomic E-state index is 0.244. The van der Waals surface area contributed by atoms with Crippen molar-refractivity contribution in [2.24, 2.45) is 0 Å². The fourth-order valence-electron chi connectivity index (χ4n) is 2.70. The van der Waals surface area contributed by atoms with E-state index in [-0.39, 0.29) is 12.6 Å². The van der Waals surface area contributed by atoms with E-state index in [2.05, 4.69) is 10.6 Å². The molecular formula is C18H24N2O5. The van der Waals surface area contributed by atoms with Gasteiger partial charge < -0.3 is 24.8 Å². The Kier molecular flexibility index (Phi) is 6.27. The lowest BCUT2D eigenvalue weighted by atomic mass is 9.94. The molecule has 0 radical (unpaired) electrons. The summed E-state index contributed by atoms with van der Waals surface area (Å²) < 4.78 is 16.4. The van der Waals surface area contributed by atoms with Gasteiger partial charge in [0.1, 0.15) is 11.5 Å². The van der Waals surface area contributed by atoms with Crippen molar-refractivity contribution in [2.75, 3.05) is 19.8 Å². The first-order valence-electron chi connectivity index (χ1n) is 8.36. The number of hydrogen-bond acceptors (Lipinski definition) is 5. The first kappa shape index (κ1) is 18.6. The zero-order chi connectivity index (χ0) is 18.4. The zero-order valence-electron chi connectivity index (χ0n) is 15.0. The van der Waals surface area contributed by atoms with E-state index in [9.17, 15) is 9.59 Å². The maximum absolute atomic E-state index is 12.4. The Hall–Kier alpha value is -2.70. The van der Waals surface area contributed by atoms with Gasteiger partial charge in [0.2, 0.25) is 0 Å². The highest BCUT2D eigenvalue weighted by Gasteiger charge is 2.34. The third-order valence-electron chi connectivity index (χ3n) is 3.67. The highest BCUT2D eigenvalue weighted by Crippen LogP contribution is 2.36. The molecule has 1 unspecified atom stereocenters. The van der Waals surface area contributed by atoms with Gasteiger partial charge in [0.15, 0.2) is 0 Å². The van der Waals surface area contributed by atoms with Crippen molar-refractivity contribution in [2.45, 2.75) is 33.7 Å². The first-order chi connectivity index (χ1) is 12.0. The Balaban J connectivity index is 2.54. The molecule has 7 heteroatoms. The van der Waals surface area contributed by atoms with Crippen LogP contribution in [-0.4, -0.2) is 31.8 Å². The second-order valence-electron chi connectivity index (χ2n) is 5.36. The average Bonchev–Trinajstić information content (AvgIpc) is 2.56.